The van der Waals surface area contributed by atoms with Crippen molar-refractivity contribution in [2.24, 2.45) is 0 Å². The number of nitrogens with zero attached hydrogens (tertiary/aromatic N) is 2. The van der Waals surface area contributed by atoms with Crippen LogP contribution >= 0.6 is 15.9 Å². The molecule has 0 fully saturated rings. The normalized spacial score (nSPS) is 10.8. The van der Waals surface area contributed by atoms with Gasteiger partial charge in [-0.15, -0.1) is 0 Å². The topological polar surface area (TPSA) is 44.2 Å². The van der Waals surface area contributed by atoms with E-state index in [1.165, 1.54) is 0 Å². The van der Waals surface area contributed by atoms with Crippen LogP contribution in [0, 0.1) is 13.8 Å². The Bertz CT molecular complexity index is 872. The third kappa shape index (κ3) is 2.88. The predicted octanol–water partition coefficient (Wildman–Crippen LogP) is 4.69. The number of aromatic nitrogens is 2. The van der Waals surface area contributed by atoms with Gasteiger partial charge in [0.2, 0.25) is 0 Å². The second-order valence-electron chi connectivity index (χ2n) is 5.29. The van der Waals surface area contributed by atoms with E-state index in [4.69, 9.17) is 14.5 Å². The summed E-state index contributed by atoms with van der Waals surface area (Å²) >= 11 is 3.57. The van der Waals surface area contributed by atoms with Crippen LogP contribution in [0.5, 0.6) is 11.5 Å². The van der Waals surface area contributed by atoms with E-state index in [1.807, 2.05) is 44.2 Å². The Balaban J connectivity index is 2.32. The SMILES string of the molecule is COc1cc(OC)cc(-c2ccc(Br)c3nc(C)c(C)nc23)c1. The first-order valence-corrected chi connectivity index (χ1v) is 7.99. The number of benzene rings is 2. The number of fused-ring (bicyclic) bond motifs is 1. The first kappa shape index (κ1) is 15.7. The maximum absolute atomic E-state index is 5.37. The molecule has 0 radical (unpaired) electrons. The summed E-state index contributed by atoms with van der Waals surface area (Å²) in [6, 6.07) is 9.83. The van der Waals surface area contributed by atoms with Crippen LogP contribution in [0.2, 0.25) is 0 Å². The summed E-state index contributed by atoms with van der Waals surface area (Å²) in [5.74, 6) is 1.49. The summed E-state index contributed by atoms with van der Waals surface area (Å²) in [4.78, 5) is 9.42. The lowest BCUT2D eigenvalue weighted by molar-refractivity contribution is 0.394. The van der Waals surface area contributed by atoms with E-state index in [9.17, 15) is 0 Å². The van der Waals surface area contributed by atoms with Gasteiger partial charge in [-0.3, -0.25) is 0 Å². The quantitative estimate of drug-likeness (QED) is 0.668. The molecule has 3 rings (SSSR count). The summed E-state index contributed by atoms with van der Waals surface area (Å²) in [7, 11) is 3.29. The molecule has 1 aromatic heterocycles. The van der Waals surface area contributed by atoms with Crippen molar-refractivity contribution < 1.29 is 9.47 Å². The molecule has 0 atom stereocenters. The molecule has 0 amide bonds. The first-order chi connectivity index (χ1) is 11.0. The van der Waals surface area contributed by atoms with Crippen molar-refractivity contribution in [1.29, 1.82) is 0 Å². The van der Waals surface area contributed by atoms with E-state index in [0.717, 1.165) is 49.5 Å². The molecule has 0 unspecified atom stereocenters. The van der Waals surface area contributed by atoms with Crippen molar-refractivity contribution in [2.45, 2.75) is 13.8 Å². The van der Waals surface area contributed by atoms with Gasteiger partial charge in [0.25, 0.3) is 0 Å². The Morgan fingerprint density at radius 3 is 1.96 bits per heavy atom. The van der Waals surface area contributed by atoms with Crippen LogP contribution < -0.4 is 9.47 Å². The van der Waals surface area contributed by atoms with Gasteiger partial charge in [0.15, 0.2) is 0 Å². The average molecular weight is 373 g/mol. The second-order valence-corrected chi connectivity index (χ2v) is 6.14. The summed E-state index contributed by atoms with van der Waals surface area (Å²) in [6.07, 6.45) is 0. The highest BCUT2D eigenvalue weighted by molar-refractivity contribution is 9.10. The molecule has 0 aliphatic carbocycles. The lowest BCUT2D eigenvalue weighted by atomic mass is 10.0. The minimum atomic E-state index is 0.743. The fraction of sp³-hybridized carbons (Fsp3) is 0.222. The molecule has 0 saturated heterocycles. The van der Waals surface area contributed by atoms with Crippen molar-refractivity contribution in [3.63, 3.8) is 0 Å². The van der Waals surface area contributed by atoms with Gasteiger partial charge in [-0.1, -0.05) is 6.07 Å². The van der Waals surface area contributed by atoms with E-state index in [0.29, 0.717) is 0 Å². The zero-order chi connectivity index (χ0) is 16.6. The number of hydrogen-bond acceptors (Lipinski definition) is 4. The molecule has 0 aliphatic heterocycles. The Labute approximate surface area is 143 Å². The lowest BCUT2D eigenvalue weighted by Gasteiger charge is -2.12. The number of ether oxygens (including phenoxy) is 2. The average Bonchev–Trinajstić information content (AvgIpc) is 2.56. The molecular formula is C18H17BrN2O2. The van der Waals surface area contributed by atoms with E-state index in [2.05, 4.69) is 20.9 Å². The molecule has 3 aromatic rings. The van der Waals surface area contributed by atoms with Gasteiger partial charge in [0.05, 0.1) is 31.1 Å². The predicted molar refractivity (Wildman–Crippen MR) is 95.3 cm³/mol. The Morgan fingerprint density at radius 2 is 1.39 bits per heavy atom. The van der Waals surface area contributed by atoms with Crippen LogP contribution in [0.1, 0.15) is 11.4 Å². The Hall–Kier alpha value is -2.14. The van der Waals surface area contributed by atoms with Crippen molar-refractivity contribution in [1.82, 2.24) is 9.97 Å². The lowest BCUT2D eigenvalue weighted by Crippen LogP contribution is -1.96. The summed E-state index contributed by atoms with van der Waals surface area (Å²) in [6.45, 7) is 3.94. The number of hydrogen-bond donors (Lipinski definition) is 0. The van der Waals surface area contributed by atoms with Crippen molar-refractivity contribution in [2.75, 3.05) is 14.2 Å². The van der Waals surface area contributed by atoms with Gasteiger partial charge in [-0.05, 0) is 53.5 Å². The molecule has 0 aliphatic rings. The molecule has 118 valence electrons. The highest BCUT2D eigenvalue weighted by Crippen LogP contribution is 2.35. The molecule has 2 aromatic carbocycles. The van der Waals surface area contributed by atoms with Crippen LogP contribution in [0.3, 0.4) is 0 Å². The van der Waals surface area contributed by atoms with E-state index in [-0.39, 0.29) is 0 Å². The largest absolute Gasteiger partial charge is 0.497 e. The van der Waals surface area contributed by atoms with Gasteiger partial charge in [-0.2, -0.15) is 0 Å². The molecule has 4 nitrogen and oxygen atoms in total. The number of rotatable bonds is 3. The van der Waals surface area contributed by atoms with Gasteiger partial charge < -0.3 is 9.47 Å². The van der Waals surface area contributed by atoms with Crippen molar-refractivity contribution in [3.05, 3.63) is 46.2 Å². The number of methoxy groups -OCH3 is 2. The molecule has 0 N–H and O–H groups in total. The fourth-order valence-corrected chi connectivity index (χ4v) is 2.88. The third-order valence-corrected chi connectivity index (χ3v) is 4.49. The maximum atomic E-state index is 5.37. The number of halogens is 1. The summed E-state index contributed by atoms with van der Waals surface area (Å²) in [5.41, 5.74) is 5.54. The summed E-state index contributed by atoms with van der Waals surface area (Å²) in [5, 5.41) is 0. The zero-order valence-electron chi connectivity index (χ0n) is 13.5. The highest BCUT2D eigenvalue weighted by Gasteiger charge is 2.13. The minimum Gasteiger partial charge on any atom is -0.497 e. The molecule has 0 spiro atoms. The molecular weight excluding hydrogens is 356 g/mol. The van der Waals surface area contributed by atoms with Crippen LogP contribution in [-0.4, -0.2) is 24.2 Å². The highest BCUT2D eigenvalue weighted by atomic mass is 79.9. The summed E-state index contributed by atoms with van der Waals surface area (Å²) < 4.78 is 11.7. The zero-order valence-corrected chi connectivity index (χ0v) is 15.1. The number of aryl methyl sites for hydroxylation is 2. The Morgan fingerprint density at radius 1 is 0.826 bits per heavy atom. The van der Waals surface area contributed by atoms with Crippen molar-refractivity contribution in [3.8, 4) is 22.6 Å². The smallest absolute Gasteiger partial charge is 0.123 e. The monoisotopic (exact) mass is 372 g/mol. The van der Waals surface area contributed by atoms with E-state index >= 15 is 0 Å². The molecule has 5 heteroatoms. The minimum absolute atomic E-state index is 0.743. The molecule has 0 saturated carbocycles. The van der Waals surface area contributed by atoms with Gasteiger partial charge in [0.1, 0.15) is 17.0 Å². The van der Waals surface area contributed by atoms with Gasteiger partial charge >= 0.3 is 0 Å². The molecule has 1 heterocycles. The van der Waals surface area contributed by atoms with Crippen LogP contribution in [-0.2, 0) is 0 Å². The maximum Gasteiger partial charge on any atom is 0.123 e. The van der Waals surface area contributed by atoms with Crippen molar-refractivity contribution >= 4 is 27.0 Å². The van der Waals surface area contributed by atoms with Crippen LogP contribution in [0.25, 0.3) is 22.2 Å². The standard InChI is InChI=1S/C18H17BrN2O2/c1-10-11(2)21-18-16(19)6-5-15(17(18)20-10)12-7-13(22-3)9-14(8-12)23-4/h5-9H,1-4H3. The van der Waals surface area contributed by atoms with Crippen LogP contribution in [0.15, 0.2) is 34.8 Å². The Kier molecular flexibility index (Phi) is 4.22. The van der Waals surface area contributed by atoms with Gasteiger partial charge in [-0.25, -0.2) is 9.97 Å². The first-order valence-electron chi connectivity index (χ1n) is 7.20. The third-order valence-electron chi connectivity index (χ3n) is 3.85. The van der Waals surface area contributed by atoms with Crippen LogP contribution in [0.4, 0.5) is 0 Å². The second kappa shape index (κ2) is 6.16. The fourth-order valence-electron chi connectivity index (χ4n) is 2.47. The molecule has 0 bridgehead atoms. The van der Waals surface area contributed by atoms with E-state index in [1.54, 1.807) is 14.2 Å². The molecule has 23 heavy (non-hydrogen) atoms. The van der Waals surface area contributed by atoms with E-state index < -0.39 is 0 Å². The van der Waals surface area contributed by atoms with Gasteiger partial charge in [0, 0.05) is 16.1 Å².